The van der Waals surface area contributed by atoms with Gasteiger partial charge < -0.3 is 9.32 Å². The summed E-state index contributed by atoms with van der Waals surface area (Å²) in [7, 11) is 0. The number of hydrogen-bond donors (Lipinski definition) is 2. The highest BCUT2D eigenvalue weighted by atomic mass is 16.3. The number of rotatable bonds is 7. The molecule has 3 aromatic rings. The van der Waals surface area contributed by atoms with E-state index in [1.807, 2.05) is 0 Å². The minimum Gasteiger partial charge on any atom is -0.472 e. The highest BCUT2D eigenvalue weighted by molar-refractivity contribution is 6.05. The summed E-state index contributed by atoms with van der Waals surface area (Å²) in [5.41, 5.74) is 5.17. The summed E-state index contributed by atoms with van der Waals surface area (Å²) >= 11 is 0. The zero-order valence-corrected chi connectivity index (χ0v) is 19.7. The Morgan fingerprint density at radius 1 is 1.11 bits per heavy atom. The van der Waals surface area contributed by atoms with Gasteiger partial charge in [-0.05, 0) is 31.4 Å². The Morgan fingerprint density at radius 3 is 2.66 bits per heavy atom. The molecule has 10 heteroatoms. The molecule has 0 bridgehead atoms. The summed E-state index contributed by atoms with van der Waals surface area (Å²) in [5, 5.41) is 5.13. The van der Waals surface area contributed by atoms with Crippen molar-refractivity contribution in [2.75, 3.05) is 13.1 Å². The highest BCUT2D eigenvalue weighted by Crippen LogP contribution is 2.19. The van der Waals surface area contributed by atoms with Gasteiger partial charge in [0.15, 0.2) is 5.69 Å². The lowest BCUT2D eigenvalue weighted by molar-refractivity contribution is -0.127. The smallest absolute Gasteiger partial charge is 0.290 e. The van der Waals surface area contributed by atoms with Crippen molar-refractivity contribution in [2.24, 2.45) is 5.92 Å². The molecule has 1 aliphatic heterocycles. The first-order valence-corrected chi connectivity index (χ1v) is 11.9. The zero-order valence-electron chi connectivity index (χ0n) is 19.7. The second-order valence-corrected chi connectivity index (χ2v) is 8.68. The Labute approximate surface area is 202 Å². The number of furan rings is 1. The summed E-state index contributed by atoms with van der Waals surface area (Å²) in [4.78, 5) is 52.8. The monoisotopic (exact) mass is 479 g/mol. The minimum atomic E-state index is -0.610. The molecule has 1 saturated heterocycles. The third kappa shape index (κ3) is 5.42. The predicted molar refractivity (Wildman–Crippen MR) is 128 cm³/mol. The molecule has 3 heterocycles. The van der Waals surface area contributed by atoms with Crippen molar-refractivity contribution in [1.29, 1.82) is 0 Å². The molecule has 1 fully saturated rings. The normalized spacial score (nSPS) is 15.7. The molecule has 0 saturated carbocycles. The fraction of sp³-hybridized carbons (Fsp3) is 0.400. The number of benzene rings is 1. The van der Waals surface area contributed by atoms with Gasteiger partial charge in [0, 0.05) is 25.0 Å². The van der Waals surface area contributed by atoms with Gasteiger partial charge in [-0.15, -0.1) is 0 Å². The summed E-state index contributed by atoms with van der Waals surface area (Å²) < 4.78 is 6.29. The van der Waals surface area contributed by atoms with Crippen molar-refractivity contribution in [3.05, 3.63) is 64.5 Å². The Balaban J connectivity index is 1.44. The molecular formula is C25H29N5O5. The van der Waals surface area contributed by atoms with Gasteiger partial charge in [0.2, 0.25) is 5.91 Å². The number of likely N-dealkylation sites (tertiary alicyclic amines) is 1. The summed E-state index contributed by atoms with van der Waals surface area (Å²) in [5.74, 6) is -1.65. The van der Waals surface area contributed by atoms with E-state index in [4.69, 9.17) is 4.42 Å². The molecule has 35 heavy (non-hydrogen) atoms. The number of nitrogens with one attached hydrogen (secondary N) is 2. The van der Waals surface area contributed by atoms with Crippen LogP contribution in [0.2, 0.25) is 0 Å². The lowest BCUT2D eigenvalue weighted by atomic mass is 9.97. The number of hydrazine groups is 1. The van der Waals surface area contributed by atoms with Crippen LogP contribution >= 0.6 is 0 Å². The molecule has 3 amide bonds. The predicted octanol–water partition coefficient (Wildman–Crippen LogP) is 2.49. The maximum Gasteiger partial charge on any atom is 0.290 e. The average molecular weight is 480 g/mol. The van der Waals surface area contributed by atoms with E-state index in [-0.39, 0.29) is 29.6 Å². The number of carbonyl (C=O) groups excluding carboxylic acids is 3. The van der Waals surface area contributed by atoms with E-state index < -0.39 is 11.8 Å². The van der Waals surface area contributed by atoms with Gasteiger partial charge in [-0.1, -0.05) is 38.0 Å². The Bertz CT molecular complexity index is 1270. The van der Waals surface area contributed by atoms with Crippen LogP contribution in [0.3, 0.4) is 0 Å². The number of piperidine rings is 1. The first-order chi connectivity index (χ1) is 17.0. The molecular weight excluding hydrogens is 450 g/mol. The standard InChI is InChI=1S/C25H29N5O5/c1-2-3-6-13-30-25(34)20-10-5-4-9-19(20)21(28-30)23(32)27-26-22(31)17-8-7-12-29(15-17)24(33)18-11-14-35-16-18/h4-5,9-11,14,16-17H,2-3,6-8,12-13,15H2,1H3,(H,26,31)(H,27,32). The third-order valence-corrected chi connectivity index (χ3v) is 6.20. The Morgan fingerprint density at radius 2 is 1.91 bits per heavy atom. The number of aryl methyl sites for hydroxylation is 1. The van der Waals surface area contributed by atoms with E-state index in [0.29, 0.717) is 42.3 Å². The number of unbranched alkanes of at least 4 members (excludes halogenated alkanes) is 2. The molecule has 2 aromatic heterocycles. The third-order valence-electron chi connectivity index (χ3n) is 6.20. The maximum atomic E-state index is 13.0. The van der Waals surface area contributed by atoms with E-state index in [9.17, 15) is 19.2 Å². The first kappa shape index (κ1) is 24.2. The first-order valence-electron chi connectivity index (χ1n) is 11.9. The molecule has 2 N–H and O–H groups in total. The van der Waals surface area contributed by atoms with Gasteiger partial charge in [0.1, 0.15) is 6.26 Å². The van der Waals surface area contributed by atoms with Crippen LogP contribution in [0.4, 0.5) is 0 Å². The van der Waals surface area contributed by atoms with Crippen LogP contribution < -0.4 is 16.4 Å². The number of hydrogen-bond acceptors (Lipinski definition) is 6. The summed E-state index contributed by atoms with van der Waals surface area (Å²) in [6.07, 6.45) is 6.79. The fourth-order valence-electron chi connectivity index (χ4n) is 4.29. The number of nitrogens with zero attached hydrogens (tertiary/aromatic N) is 3. The van der Waals surface area contributed by atoms with Crippen LogP contribution in [-0.2, 0) is 11.3 Å². The largest absolute Gasteiger partial charge is 0.472 e. The van der Waals surface area contributed by atoms with Crippen molar-refractivity contribution < 1.29 is 18.8 Å². The van der Waals surface area contributed by atoms with Crippen LogP contribution in [0.1, 0.15) is 59.9 Å². The van der Waals surface area contributed by atoms with Crippen LogP contribution in [0.5, 0.6) is 0 Å². The van der Waals surface area contributed by atoms with Crippen LogP contribution in [-0.4, -0.2) is 45.5 Å². The second kappa shape index (κ2) is 11.0. The summed E-state index contributed by atoms with van der Waals surface area (Å²) in [6, 6.07) is 8.39. The molecule has 184 valence electrons. The lowest BCUT2D eigenvalue weighted by Gasteiger charge is -2.31. The Kier molecular flexibility index (Phi) is 7.59. The molecule has 1 unspecified atom stereocenters. The number of carbonyl (C=O) groups is 3. The molecule has 1 aromatic carbocycles. The van der Waals surface area contributed by atoms with Crippen LogP contribution in [0.25, 0.3) is 10.8 Å². The molecule has 0 radical (unpaired) electrons. The van der Waals surface area contributed by atoms with Gasteiger partial charge in [-0.3, -0.25) is 30.0 Å². The van der Waals surface area contributed by atoms with E-state index >= 15 is 0 Å². The molecule has 0 spiro atoms. The van der Waals surface area contributed by atoms with Crippen molar-refractivity contribution in [3.8, 4) is 0 Å². The minimum absolute atomic E-state index is 0.0670. The molecule has 10 nitrogen and oxygen atoms in total. The zero-order chi connectivity index (χ0) is 24.8. The number of amides is 3. The van der Waals surface area contributed by atoms with Gasteiger partial charge in [0.25, 0.3) is 17.4 Å². The number of aromatic nitrogens is 2. The maximum absolute atomic E-state index is 13.0. The van der Waals surface area contributed by atoms with E-state index in [2.05, 4.69) is 22.9 Å². The van der Waals surface area contributed by atoms with E-state index in [1.165, 1.54) is 17.2 Å². The average Bonchev–Trinajstić information content (AvgIpc) is 3.43. The quantitative estimate of drug-likeness (QED) is 0.396. The topological polar surface area (TPSA) is 127 Å². The van der Waals surface area contributed by atoms with E-state index in [0.717, 1.165) is 19.3 Å². The SMILES string of the molecule is CCCCCn1nc(C(=O)NNC(=O)C2CCCN(C(=O)c3ccoc3)C2)c2ccccc2c1=O. The van der Waals surface area contributed by atoms with Gasteiger partial charge in [0.05, 0.1) is 23.1 Å². The molecule has 4 rings (SSSR count). The Hall–Kier alpha value is -3.95. The van der Waals surface area contributed by atoms with Crippen LogP contribution in [0.15, 0.2) is 52.1 Å². The second-order valence-electron chi connectivity index (χ2n) is 8.68. The van der Waals surface area contributed by atoms with Gasteiger partial charge in [-0.25, -0.2) is 4.68 Å². The van der Waals surface area contributed by atoms with E-state index in [1.54, 1.807) is 35.2 Å². The van der Waals surface area contributed by atoms with Crippen molar-refractivity contribution in [1.82, 2.24) is 25.5 Å². The van der Waals surface area contributed by atoms with Crippen molar-refractivity contribution in [2.45, 2.75) is 45.6 Å². The lowest BCUT2D eigenvalue weighted by Crippen LogP contribution is -2.50. The molecule has 1 atom stereocenters. The molecule has 0 aliphatic carbocycles. The highest BCUT2D eigenvalue weighted by Gasteiger charge is 2.29. The molecule has 1 aliphatic rings. The van der Waals surface area contributed by atoms with Crippen LogP contribution in [0, 0.1) is 5.92 Å². The van der Waals surface area contributed by atoms with Gasteiger partial charge in [-0.2, -0.15) is 5.10 Å². The number of fused-ring (bicyclic) bond motifs is 1. The van der Waals surface area contributed by atoms with Crippen molar-refractivity contribution >= 4 is 28.5 Å². The van der Waals surface area contributed by atoms with Crippen molar-refractivity contribution in [3.63, 3.8) is 0 Å². The summed E-state index contributed by atoms with van der Waals surface area (Å²) in [6.45, 7) is 3.27. The van der Waals surface area contributed by atoms with Gasteiger partial charge >= 0.3 is 0 Å². The fourth-order valence-corrected chi connectivity index (χ4v) is 4.29.